The van der Waals surface area contributed by atoms with Crippen LogP contribution < -0.4 is 5.32 Å². The van der Waals surface area contributed by atoms with Gasteiger partial charge in [0.05, 0.1) is 5.60 Å². The lowest BCUT2D eigenvalue weighted by molar-refractivity contribution is -0.0344. The standard InChI is InChI=1S/C14H28N2O/c1-11-8-15-14(4,12-6-7-12)10-16(11)9-13(2,3)17-5/h11-12,15H,6-10H2,1-5H3. The molecule has 1 aliphatic carbocycles. The molecule has 2 unspecified atom stereocenters. The van der Waals surface area contributed by atoms with Gasteiger partial charge in [-0.05, 0) is 46.5 Å². The summed E-state index contributed by atoms with van der Waals surface area (Å²) in [5, 5.41) is 3.76. The monoisotopic (exact) mass is 240 g/mol. The van der Waals surface area contributed by atoms with Crippen LogP contribution in [0.3, 0.4) is 0 Å². The van der Waals surface area contributed by atoms with E-state index in [9.17, 15) is 0 Å². The van der Waals surface area contributed by atoms with Crippen molar-refractivity contribution >= 4 is 0 Å². The van der Waals surface area contributed by atoms with E-state index in [0.717, 1.165) is 25.6 Å². The molecule has 3 nitrogen and oxygen atoms in total. The van der Waals surface area contributed by atoms with Gasteiger partial charge in [0, 0.05) is 38.3 Å². The minimum Gasteiger partial charge on any atom is -0.377 e. The van der Waals surface area contributed by atoms with Gasteiger partial charge in [-0.15, -0.1) is 0 Å². The molecule has 100 valence electrons. The number of nitrogens with one attached hydrogen (secondary N) is 1. The highest BCUT2D eigenvalue weighted by Gasteiger charge is 2.45. The third-order valence-electron chi connectivity index (χ3n) is 4.57. The minimum absolute atomic E-state index is 0.0456. The summed E-state index contributed by atoms with van der Waals surface area (Å²) in [6.07, 6.45) is 2.80. The SMILES string of the molecule is COC(C)(C)CN1CC(C)(C2CC2)NCC1C. The summed E-state index contributed by atoms with van der Waals surface area (Å²) < 4.78 is 5.57. The second-order valence-electron chi connectivity index (χ2n) is 6.79. The van der Waals surface area contributed by atoms with Crippen LogP contribution in [0.15, 0.2) is 0 Å². The Kier molecular flexibility index (Phi) is 3.54. The third-order valence-corrected chi connectivity index (χ3v) is 4.57. The number of nitrogens with zero attached hydrogens (tertiary/aromatic N) is 1. The highest BCUT2D eigenvalue weighted by molar-refractivity contribution is 5.04. The van der Waals surface area contributed by atoms with E-state index in [1.807, 2.05) is 7.11 Å². The predicted octanol–water partition coefficient (Wildman–Crippen LogP) is 1.87. The first-order valence-corrected chi connectivity index (χ1v) is 6.90. The maximum absolute atomic E-state index is 5.57. The Labute approximate surface area is 106 Å². The van der Waals surface area contributed by atoms with Gasteiger partial charge in [0.25, 0.3) is 0 Å². The molecule has 2 aliphatic rings. The van der Waals surface area contributed by atoms with E-state index in [2.05, 4.69) is 37.9 Å². The second kappa shape index (κ2) is 4.52. The van der Waals surface area contributed by atoms with Crippen LogP contribution in [0.2, 0.25) is 0 Å². The van der Waals surface area contributed by atoms with Crippen LogP contribution in [0, 0.1) is 5.92 Å². The van der Waals surface area contributed by atoms with Crippen LogP contribution in [0.4, 0.5) is 0 Å². The van der Waals surface area contributed by atoms with Gasteiger partial charge in [0.1, 0.15) is 0 Å². The van der Waals surface area contributed by atoms with Crippen molar-refractivity contribution in [2.75, 3.05) is 26.7 Å². The Bertz CT molecular complexity index is 275. The molecular formula is C14H28N2O. The third kappa shape index (κ3) is 3.01. The fourth-order valence-corrected chi connectivity index (χ4v) is 2.90. The molecule has 3 heteroatoms. The summed E-state index contributed by atoms with van der Waals surface area (Å²) in [5.41, 5.74) is 0.284. The largest absolute Gasteiger partial charge is 0.377 e. The lowest BCUT2D eigenvalue weighted by Gasteiger charge is -2.47. The molecule has 0 bridgehead atoms. The first kappa shape index (κ1) is 13.3. The number of methoxy groups -OCH3 is 1. The quantitative estimate of drug-likeness (QED) is 0.812. The molecule has 1 N–H and O–H groups in total. The molecule has 1 heterocycles. The highest BCUT2D eigenvalue weighted by Crippen LogP contribution is 2.41. The van der Waals surface area contributed by atoms with Gasteiger partial charge in [0.15, 0.2) is 0 Å². The lowest BCUT2D eigenvalue weighted by Crippen LogP contribution is -2.64. The summed E-state index contributed by atoms with van der Waals surface area (Å²) >= 11 is 0. The van der Waals surface area contributed by atoms with Crippen molar-refractivity contribution < 1.29 is 4.74 Å². The molecule has 1 saturated heterocycles. The van der Waals surface area contributed by atoms with Crippen molar-refractivity contribution in [1.82, 2.24) is 10.2 Å². The molecule has 0 radical (unpaired) electrons. The van der Waals surface area contributed by atoms with Crippen molar-refractivity contribution in [3.05, 3.63) is 0 Å². The zero-order chi connectivity index (χ0) is 12.7. The number of piperazine rings is 1. The first-order valence-electron chi connectivity index (χ1n) is 6.90. The van der Waals surface area contributed by atoms with Crippen molar-refractivity contribution in [3.8, 4) is 0 Å². The van der Waals surface area contributed by atoms with Crippen molar-refractivity contribution in [2.24, 2.45) is 5.92 Å². The summed E-state index contributed by atoms with van der Waals surface area (Å²) in [7, 11) is 1.81. The van der Waals surface area contributed by atoms with Crippen LogP contribution in [0.1, 0.15) is 40.5 Å². The van der Waals surface area contributed by atoms with E-state index in [0.29, 0.717) is 11.6 Å². The van der Waals surface area contributed by atoms with Crippen LogP contribution in [-0.4, -0.2) is 48.8 Å². The van der Waals surface area contributed by atoms with Crippen LogP contribution in [0.5, 0.6) is 0 Å². The van der Waals surface area contributed by atoms with E-state index in [1.165, 1.54) is 12.8 Å². The van der Waals surface area contributed by atoms with E-state index in [-0.39, 0.29) is 5.60 Å². The van der Waals surface area contributed by atoms with Crippen molar-refractivity contribution in [2.45, 2.75) is 57.7 Å². The van der Waals surface area contributed by atoms with Gasteiger partial charge in [0.2, 0.25) is 0 Å². The molecule has 0 aromatic heterocycles. The molecule has 0 aromatic rings. The van der Waals surface area contributed by atoms with E-state index in [4.69, 9.17) is 4.74 Å². The summed E-state index contributed by atoms with van der Waals surface area (Å²) in [5.74, 6) is 0.892. The van der Waals surface area contributed by atoms with Crippen LogP contribution in [-0.2, 0) is 4.74 Å². The molecule has 0 amide bonds. The van der Waals surface area contributed by atoms with E-state index >= 15 is 0 Å². The predicted molar refractivity (Wildman–Crippen MR) is 71.3 cm³/mol. The highest BCUT2D eigenvalue weighted by atomic mass is 16.5. The van der Waals surface area contributed by atoms with E-state index in [1.54, 1.807) is 0 Å². The molecular weight excluding hydrogens is 212 g/mol. The van der Waals surface area contributed by atoms with Gasteiger partial charge >= 0.3 is 0 Å². The van der Waals surface area contributed by atoms with Crippen molar-refractivity contribution in [3.63, 3.8) is 0 Å². The summed E-state index contributed by atoms with van der Waals surface area (Å²) in [4.78, 5) is 2.60. The molecule has 0 aromatic carbocycles. The molecule has 2 fully saturated rings. The van der Waals surface area contributed by atoms with Gasteiger partial charge < -0.3 is 10.1 Å². The van der Waals surface area contributed by atoms with Gasteiger partial charge in [-0.25, -0.2) is 0 Å². The van der Waals surface area contributed by atoms with E-state index < -0.39 is 0 Å². The maximum Gasteiger partial charge on any atom is 0.0749 e. The average Bonchev–Trinajstić information content (AvgIpc) is 3.07. The number of hydrogen-bond acceptors (Lipinski definition) is 3. The average molecular weight is 240 g/mol. The van der Waals surface area contributed by atoms with Crippen LogP contribution in [0.25, 0.3) is 0 Å². The van der Waals surface area contributed by atoms with Gasteiger partial charge in [-0.2, -0.15) is 0 Å². The summed E-state index contributed by atoms with van der Waals surface area (Å²) in [6, 6.07) is 0.608. The Morgan fingerprint density at radius 2 is 2.06 bits per heavy atom. The number of hydrogen-bond donors (Lipinski definition) is 1. The Morgan fingerprint density at radius 1 is 1.41 bits per heavy atom. The Balaban J connectivity index is 1.99. The molecule has 2 atom stereocenters. The van der Waals surface area contributed by atoms with Crippen molar-refractivity contribution in [1.29, 1.82) is 0 Å². The normalized spacial score (nSPS) is 36.2. The summed E-state index contributed by atoms with van der Waals surface area (Å²) in [6.45, 7) is 12.3. The number of ether oxygens (including phenoxy) is 1. The zero-order valence-electron chi connectivity index (χ0n) is 12.0. The Hall–Kier alpha value is -0.120. The minimum atomic E-state index is -0.0456. The fourth-order valence-electron chi connectivity index (χ4n) is 2.90. The topological polar surface area (TPSA) is 24.5 Å². The second-order valence-corrected chi connectivity index (χ2v) is 6.79. The molecule has 0 spiro atoms. The Morgan fingerprint density at radius 3 is 2.59 bits per heavy atom. The van der Waals surface area contributed by atoms with Gasteiger partial charge in [-0.1, -0.05) is 0 Å². The fraction of sp³-hybridized carbons (Fsp3) is 1.00. The van der Waals surface area contributed by atoms with Crippen LogP contribution >= 0.6 is 0 Å². The smallest absolute Gasteiger partial charge is 0.0749 e. The molecule has 1 aliphatic heterocycles. The maximum atomic E-state index is 5.57. The molecule has 2 rings (SSSR count). The number of rotatable bonds is 4. The molecule has 1 saturated carbocycles. The van der Waals surface area contributed by atoms with Gasteiger partial charge in [-0.3, -0.25) is 4.90 Å². The first-order chi connectivity index (χ1) is 7.86. The molecule has 17 heavy (non-hydrogen) atoms. The lowest BCUT2D eigenvalue weighted by atomic mass is 9.90. The zero-order valence-corrected chi connectivity index (χ0v) is 12.0.